The van der Waals surface area contributed by atoms with E-state index in [-0.39, 0.29) is 11.5 Å². The Kier molecular flexibility index (Phi) is 5.99. The SMILES string of the molecule is CCN(CC)c1cc2nc(Nc3cccc(C(=O)O)c3)[nH]c2cc1C(=O)Nc1ccc2cn[nH]c2c1. The van der Waals surface area contributed by atoms with Crippen LogP contribution in [0.4, 0.5) is 23.0 Å². The topological polar surface area (TPSA) is 139 Å². The fraction of sp³-hybridized carbons (Fsp3) is 0.154. The van der Waals surface area contributed by atoms with Crippen LogP contribution in [0.1, 0.15) is 34.6 Å². The number of aromatic nitrogens is 4. The first kappa shape index (κ1) is 22.9. The van der Waals surface area contributed by atoms with Gasteiger partial charge in [-0.25, -0.2) is 9.78 Å². The molecular formula is C26H25N7O3. The van der Waals surface area contributed by atoms with Gasteiger partial charge in [0.2, 0.25) is 5.95 Å². The molecule has 0 spiro atoms. The van der Waals surface area contributed by atoms with Crippen LogP contribution in [-0.4, -0.2) is 50.2 Å². The molecule has 5 N–H and O–H groups in total. The van der Waals surface area contributed by atoms with Crippen molar-refractivity contribution >= 4 is 56.8 Å². The van der Waals surface area contributed by atoms with Crippen molar-refractivity contribution in [2.75, 3.05) is 28.6 Å². The highest BCUT2D eigenvalue weighted by Crippen LogP contribution is 2.29. The molecule has 10 nitrogen and oxygen atoms in total. The average Bonchev–Trinajstić information content (AvgIpc) is 3.50. The zero-order chi connectivity index (χ0) is 25.2. The van der Waals surface area contributed by atoms with Crippen LogP contribution in [-0.2, 0) is 0 Å². The van der Waals surface area contributed by atoms with Crippen molar-refractivity contribution in [2.45, 2.75) is 13.8 Å². The first-order valence-electron chi connectivity index (χ1n) is 11.6. The zero-order valence-electron chi connectivity index (χ0n) is 19.8. The van der Waals surface area contributed by atoms with Gasteiger partial charge in [-0.3, -0.25) is 9.89 Å². The molecule has 0 bridgehead atoms. The molecule has 182 valence electrons. The Bertz CT molecular complexity index is 1580. The number of aromatic amines is 2. The summed E-state index contributed by atoms with van der Waals surface area (Å²) < 4.78 is 0. The predicted molar refractivity (Wildman–Crippen MR) is 140 cm³/mol. The Morgan fingerprint density at radius 1 is 1.00 bits per heavy atom. The van der Waals surface area contributed by atoms with E-state index < -0.39 is 5.97 Å². The lowest BCUT2D eigenvalue weighted by Gasteiger charge is -2.23. The lowest BCUT2D eigenvalue weighted by atomic mass is 10.1. The molecule has 0 saturated carbocycles. The number of imidazole rings is 1. The summed E-state index contributed by atoms with van der Waals surface area (Å²) in [6.45, 7) is 5.52. The summed E-state index contributed by atoms with van der Waals surface area (Å²) in [5.74, 6) is -0.800. The Morgan fingerprint density at radius 3 is 2.61 bits per heavy atom. The van der Waals surface area contributed by atoms with Gasteiger partial charge >= 0.3 is 5.97 Å². The third kappa shape index (κ3) is 4.43. The maximum Gasteiger partial charge on any atom is 0.335 e. The largest absolute Gasteiger partial charge is 0.478 e. The predicted octanol–water partition coefficient (Wildman–Crippen LogP) is 4.98. The van der Waals surface area contributed by atoms with Crippen LogP contribution < -0.4 is 15.5 Å². The van der Waals surface area contributed by atoms with Gasteiger partial charge in [-0.15, -0.1) is 0 Å². The Hall–Kier alpha value is -4.86. The molecule has 3 aromatic carbocycles. The lowest BCUT2D eigenvalue weighted by Crippen LogP contribution is -2.25. The van der Waals surface area contributed by atoms with Gasteiger partial charge < -0.3 is 25.6 Å². The van der Waals surface area contributed by atoms with Gasteiger partial charge in [0, 0.05) is 29.9 Å². The number of hydrogen-bond acceptors (Lipinski definition) is 6. The standard InChI is InChI=1S/C26H25N7O3/c1-3-33(4-2)23-13-22-21(30-26(31-22)29-17-7-5-6-15(10-17)25(35)36)12-19(23)24(34)28-18-9-8-16-14-27-32-20(16)11-18/h5-14H,3-4H2,1-2H3,(H,27,32)(H,28,34)(H,35,36)(H2,29,30,31). The monoisotopic (exact) mass is 483 g/mol. The second-order valence-corrected chi connectivity index (χ2v) is 8.28. The van der Waals surface area contributed by atoms with Crippen LogP contribution in [0.25, 0.3) is 21.9 Å². The molecule has 0 aliphatic heterocycles. The number of carboxylic acids is 1. The molecule has 1 amide bonds. The van der Waals surface area contributed by atoms with E-state index in [1.54, 1.807) is 24.4 Å². The lowest BCUT2D eigenvalue weighted by molar-refractivity contribution is 0.0696. The molecule has 5 aromatic rings. The number of benzene rings is 3. The number of amides is 1. The fourth-order valence-corrected chi connectivity index (χ4v) is 4.19. The van der Waals surface area contributed by atoms with Gasteiger partial charge in [0.05, 0.1) is 39.6 Å². The molecule has 0 fully saturated rings. The van der Waals surface area contributed by atoms with Crippen molar-refractivity contribution in [3.8, 4) is 0 Å². The molecule has 0 aliphatic rings. The second kappa shape index (κ2) is 9.41. The number of fused-ring (bicyclic) bond motifs is 2. The molecule has 0 unspecified atom stereocenters. The third-order valence-electron chi connectivity index (χ3n) is 6.02. The summed E-state index contributed by atoms with van der Waals surface area (Å²) in [4.78, 5) is 34.6. The van der Waals surface area contributed by atoms with E-state index in [0.29, 0.717) is 33.9 Å². The highest BCUT2D eigenvalue weighted by Gasteiger charge is 2.19. The van der Waals surface area contributed by atoms with Gasteiger partial charge in [0.25, 0.3) is 5.91 Å². The zero-order valence-corrected chi connectivity index (χ0v) is 19.8. The van der Waals surface area contributed by atoms with E-state index in [4.69, 9.17) is 0 Å². The van der Waals surface area contributed by atoms with Crippen molar-refractivity contribution in [3.63, 3.8) is 0 Å². The van der Waals surface area contributed by atoms with E-state index in [2.05, 4.69) is 35.7 Å². The van der Waals surface area contributed by atoms with Gasteiger partial charge in [-0.05, 0) is 62.4 Å². The number of carboxylic acid groups (broad SMARTS) is 1. The van der Waals surface area contributed by atoms with E-state index in [0.717, 1.165) is 29.7 Å². The smallest absolute Gasteiger partial charge is 0.335 e. The number of nitrogens with one attached hydrogen (secondary N) is 4. The first-order chi connectivity index (χ1) is 17.4. The maximum atomic E-state index is 13.4. The molecular weight excluding hydrogens is 458 g/mol. The summed E-state index contributed by atoms with van der Waals surface area (Å²) in [7, 11) is 0. The van der Waals surface area contributed by atoms with Crippen molar-refractivity contribution in [2.24, 2.45) is 0 Å². The number of anilines is 4. The maximum absolute atomic E-state index is 13.4. The van der Waals surface area contributed by atoms with Crippen molar-refractivity contribution in [3.05, 3.63) is 71.9 Å². The summed E-state index contributed by atoms with van der Waals surface area (Å²) in [5, 5.41) is 23.3. The molecule has 0 saturated heterocycles. The summed E-state index contributed by atoms with van der Waals surface area (Å²) >= 11 is 0. The Morgan fingerprint density at radius 2 is 1.83 bits per heavy atom. The van der Waals surface area contributed by atoms with Crippen LogP contribution in [0, 0.1) is 0 Å². The van der Waals surface area contributed by atoms with Gasteiger partial charge in [0.15, 0.2) is 0 Å². The molecule has 0 radical (unpaired) electrons. The van der Waals surface area contributed by atoms with Crippen LogP contribution in [0.15, 0.2) is 60.8 Å². The Balaban J connectivity index is 1.50. The number of carbonyl (C=O) groups is 2. The summed E-state index contributed by atoms with van der Waals surface area (Å²) in [6, 6.07) is 15.8. The van der Waals surface area contributed by atoms with E-state index in [1.807, 2.05) is 38.1 Å². The van der Waals surface area contributed by atoms with Gasteiger partial charge in [-0.1, -0.05) is 6.07 Å². The number of hydrogen-bond donors (Lipinski definition) is 5. The summed E-state index contributed by atoms with van der Waals surface area (Å²) in [5.41, 5.74) is 4.91. The number of nitrogens with zero attached hydrogens (tertiary/aromatic N) is 3. The quantitative estimate of drug-likeness (QED) is 0.210. The van der Waals surface area contributed by atoms with Gasteiger partial charge in [-0.2, -0.15) is 5.10 Å². The molecule has 5 rings (SSSR count). The summed E-state index contributed by atoms with van der Waals surface area (Å²) in [6.07, 6.45) is 1.73. The number of H-pyrrole nitrogens is 2. The number of carbonyl (C=O) groups excluding carboxylic acids is 1. The highest BCUT2D eigenvalue weighted by atomic mass is 16.4. The molecule has 36 heavy (non-hydrogen) atoms. The molecule has 0 aliphatic carbocycles. The minimum atomic E-state index is -1.01. The third-order valence-corrected chi connectivity index (χ3v) is 6.02. The molecule has 2 aromatic heterocycles. The minimum absolute atomic E-state index is 0.173. The number of aromatic carboxylic acids is 1. The number of rotatable bonds is 8. The van der Waals surface area contributed by atoms with Gasteiger partial charge in [0.1, 0.15) is 0 Å². The van der Waals surface area contributed by atoms with E-state index in [9.17, 15) is 14.7 Å². The second-order valence-electron chi connectivity index (χ2n) is 8.28. The van der Waals surface area contributed by atoms with Crippen molar-refractivity contribution < 1.29 is 14.7 Å². The first-order valence-corrected chi connectivity index (χ1v) is 11.6. The molecule has 2 heterocycles. The average molecular weight is 484 g/mol. The van der Waals surface area contributed by atoms with Crippen molar-refractivity contribution in [1.29, 1.82) is 0 Å². The fourth-order valence-electron chi connectivity index (χ4n) is 4.19. The molecule has 0 atom stereocenters. The van der Waals surface area contributed by atoms with Crippen LogP contribution in [0.2, 0.25) is 0 Å². The van der Waals surface area contributed by atoms with Crippen LogP contribution in [0.3, 0.4) is 0 Å². The van der Waals surface area contributed by atoms with Crippen LogP contribution in [0.5, 0.6) is 0 Å². The van der Waals surface area contributed by atoms with Crippen LogP contribution >= 0.6 is 0 Å². The van der Waals surface area contributed by atoms with E-state index >= 15 is 0 Å². The minimum Gasteiger partial charge on any atom is -0.478 e. The normalized spacial score (nSPS) is 11.1. The molecule has 10 heteroatoms. The van der Waals surface area contributed by atoms with Crippen molar-refractivity contribution in [1.82, 2.24) is 20.2 Å². The van der Waals surface area contributed by atoms with E-state index in [1.165, 1.54) is 12.1 Å². The highest BCUT2D eigenvalue weighted by molar-refractivity contribution is 6.11. The Labute approximate surface area is 206 Å².